The number of carboxylic acids is 1. The van der Waals surface area contributed by atoms with Crippen molar-refractivity contribution in [1.29, 1.82) is 0 Å². The summed E-state index contributed by atoms with van der Waals surface area (Å²) < 4.78 is 13.5. The Morgan fingerprint density at radius 3 is 2.36 bits per heavy atom. The van der Waals surface area contributed by atoms with Gasteiger partial charge in [0.15, 0.2) is 0 Å². The molecule has 8 nitrogen and oxygen atoms in total. The molecule has 0 radical (unpaired) electrons. The van der Waals surface area contributed by atoms with Gasteiger partial charge < -0.3 is 28.9 Å². The minimum Gasteiger partial charge on any atom is -0.478 e. The van der Waals surface area contributed by atoms with Crippen molar-refractivity contribution in [3.8, 4) is 0 Å². The number of hydrogen-bond donors (Lipinski definition) is 1. The van der Waals surface area contributed by atoms with Gasteiger partial charge in [-0.05, 0) is 64.8 Å². The first kappa shape index (κ1) is 28.1. The molecule has 0 saturated carbocycles. The summed E-state index contributed by atoms with van der Waals surface area (Å²) in [6.45, 7) is 17.8. The van der Waals surface area contributed by atoms with Crippen LogP contribution >= 0.6 is 0 Å². The van der Waals surface area contributed by atoms with Crippen molar-refractivity contribution in [2.45, 2.75) is 84.6 Å². The van der Waals surface area contributed by atoms with Gasteiger partial charge in [-0.1, -0.05) is 19.6 Å². The molecule has 1 aliphatic rings. The molecule has 36 heavy (non-hydrogen) atoms. The number of anilines is 1. The maximum absolute atomic E-state index is 12.7. The Morgan fingerprint density at radius 1 is 1.14 bits per heavy atom. The van der Waals surface area contributed by atoms with E-state index in [4.69, 9.17) is 9.47 Å². The standard InChI is InChI=1S/C27H43N3O5Si/c1-8-30(26(33)35-27(2,3)4)20-11-14-28(15-12-20)23-10-9-22(25(31)32)24-21(23)13-16-29(24)19-34-17-18-36(5,6)7/h9-10,13,16,20H,8,11-12,14-15,17-19H2,1-7H3,(H,31,32). The molecule has 200 valence electrons. The molecule has 1 saturated heterocycles. The van der Waals surface area contributed by atoms with Crippen molar-refractivity contribution >= 4 is 36.7 Å². The highest BCUT2D eigenvalue weighted by molar-refractivity contribution is 6.76. The quantitative estimate of drug-likeness (QED) is 0.330. The van der Waals surface area contributed by atoms with Crippen LogP contribution in [0, 0.1) is 0 Å². The number of nitrogens with zero attached hydrogens (tertiary/aromatic N) is 3. The van der Waals surface area contributed by atoms with Crippen molar-refractivity contribution in [2.24, 2.45) is 0 Å². The summed E-state index contributed by atoms with van der Waals surface area (Å²) >= 11 is 0. The summed E-state index contributed by atoms with van der Waals surface area (Å²) in [5, 5.41) is 10.8. The zero-order valence-corrected chi connectivity index (χ0v) is 24.0. The van der Waals surface area contributed by atoms with Crippen molar-refractivity contribution < 1.29 is 24.2 Å². The highest BCUT2D eigenvalue weighted by Gasteiger charge is 2.31. The van der Waals surface area contributed by atoms with E-state index < -0.39 is 19.6 Å². The normalized spacial score (nSPS) is 15.4. The monoisotopic (exact) mass is 517 g/mol. The van der Waals surface area contributed by atoms with Crippen molar-refractivity contribution in [3.05, 3.63) is 30.0 Å². The van der Waals surface area contributed by atoms with Gasteiger partial charge in [0, 0.05) is 57.6 Å². The maximum Gasteiger partial charge on any atom is 0.410 e. The molecule has 1 fully saturated rings. The third-order valence-electron chi connectivity index (χ3n) is 6.57. The van der Waals surface area contributed by atoms with E-state index in [1.54, 1.807) is 6.07 Å². The highest BCUT2D eigenvalue weighted by atomic mass is 28.3. The number of hydrogen-bond acceptors (Lipinski definition) is 5. The number of piperidine rings is 1. The van der Waals surface area contributed by atoms with Gasteiger partial charge in [0.05, 0.1) is 11.1 Å². The summed E-state index contributed by atoms with van der Waals surface area (Å²) in [4.78, 5) is 28.8. The molecule has 1 aromatic carbocycles. The van der Waals surface area contributed by atoms with Crippen LogP contribution in [-0.2, 0) is 16.2 Å². The number of aromatic carboxylic acids is 1. The van der Waals surface area contributed by atoms with E-state index in [0.29, 0.717) is 25.4 Å². The number of amides is 1. The van der Waals surface area contributed by atoms with Gasteiger partial charge in [-0.25, -0.2) is 9.59 Å². The molecule has 1 aromatic heterocycles. The Labute approximate surface area is 216 Å². The Kier molecular flexibility index (Phi) is 8.77. The molecule has 0 atom stereocenters. The summed E-state index contributed by atoms with van der Waals surface area (Å²) in [5.74, 6) is -0.941. The van der Waals surface area contributed by atoms with E-state index >= 15 is 0 Å². The van der Waals surface area contributed by atoms with Crippen LogP contribution in [0.15, 0.2) is 24.4 Å². The topological polar surface area (TPSA) is 84.2 Å². The molecule has 9 heteroatoms. The first-order valence-electron chi connectivity index (χ1n) is 13.0. The van der Waals surface area contributed by atoms with E-state index in [1.807, 2.05) is 55.5 Å². The molecular weight excluding hydrogens is 474 g/mol. The number of benzene rings is 1. The molecular formula is C27H43N3O5Si. The maximum atomic E-state index is 12.7. The lowest BCUT2D eigenvalue weighted by Gasteiger charge is -2.39. The van der Waals surface area contributed by atoms with E-state index in [2.05, 4.69) is 24.5 Å². The Hall–Kier alpha value is -2.52. The fourth-order valence-electron chi connectivity index (χ4n) is 4.68. The van der Waals surface area contributed by atoms with Gasteiger partial charge in [-0.15, -0.1) is 0 Å². The molecule has 1 aliphatic heterocycles. The molecule has 0 bridgehead atoms. The summed E-state index contributed by atoms with van der Waals surface area (Å²) in [5.41, 5.74) is 1.48. The lowest BCUT2D eigenvalue weighted by atomic mass is 10.0. The van der Waals surface area contributed by atoms with Crippen LogP contribution in [-0.4, -0.2) is 72.6 Å². The molecule has 3 rings (SSSR count). The predicted octanol–water partition coefficient (Wildman–Crippen LogP) is 5.88. The molecule has 1 amide bonds. The van der Waals surface area contributed by atoms with E-state index in [9.17, 15) is 14.7 Å². The Morgan fingerprint density at radius 2 is 1.81 bits per heavy atom. The van der Waals surface area contributed by atoms with Crippen LogP contribution < -0.4 is 4.90 Å². The van der Waals surface area contributed by atoms with Crippen LogP contribution in [0.25, 0.3) is 10.9 Å². The van der Waals surface area contributed by atoms with Gasteiger partial charge in [0.2, 0.25) is 0 Å². The van der Waals surface area contributed by atoms with E-state index in [1.165, 1.54) is 0 Å². The van der Waals surface area contributed by atoms with Crippen molar-refractivity contribution in [1.82, 2.24) is 9.47 Å². The molecule has 2 aromatic rings. The lowest BCUT2D eigenvalue weighted by Crippen LogP contribution is -2.48. The molecule has 0 unspecified atom stereocenters. The number of rotatable bonds is 9. The van der Waals surface area contributed by atoms with Gasteiger partial charge in [-0.3, -0.25) is 0 Å². The van der Waals surface area contributed by atoms with Crippen LogP contribution in [0.4, 0.5) is 10.5 Å². The summed E-state index contributed by atoms with van der Waals surface area (Å²) in [7, 11) is -1.20. The zero-order valence-electron chi connectivity index (χ0n) is 23.0. The van der Waals surface area contributed by atoms with Gasteiger partial charge >= 0.3 is 12.1 Å². The smallest absolute Gasteiger partial charge is 0.410 e. The Balaban J connectivity index is 1.76. The van der Waals surface area contributed by atoms with Gasteiger partial charge in [0.1, 0.15) is 12.3 Å². The first-order valence-corrected chi connectivity index (χ1v) is 16.7. The number of aromatic nitrogens is 1. The second-order valence-electron chi connectivity index (χ2n) is 11.8. The summed E-state index contributed by atoms with van der Waals surface area (Å²) in [6, 6.07) is 6.79. The molecule has 0 spiro atoms. The minimum absolute atomic E-state index is 0.124. The second kappa shape index (κ2) is 11.3. The van der Waals surface area contributed by atoms with Crippen LogP contribution in [0.3, 0.4) is 0 Å². The van der Waals surface area contributed by atoms with Crippen LogP contribution in [0.1, 0.15) is 50.9 Å². The molecule has 1 N–H and O–H groups in total. The number of ether oxygens (including phenoxy) is 2. The number of carbonyl (C=O) groups excluding carboxylic acids is 1. The largest absolute Gasteiger partial charge is 0.478 e. The Bertz CT molecular complexity index is 1060. The van der Waals surface area contributed by atoms with Crippen molar-refractivity contribution in [2.75, 3.05) is 31.1 Å². The first-order chi connectivity index (χ1) is 16.8. The third-order valence-corrected chi connectivity index (χ3v) is 8.28. The summed E-state index contributed by atoms with van der Waals surface area (Å²) in [6.07, 6.45) is 3.32. The van der Waals surface area contributed by atoms with Gasteiger partial charge in [0.25, 0.3) is 0 Å². The van der Waals surface area contributed by atoms with Crippen molar-refractivity contribution in [3.63, 3.8) is 0 Å². The van der Waals surface area contributed by atoms with Crippen LogP contribution in [0.2, 0.25) is 25.7 Å². The number of carbonyl (C=O) groups is 2. The molecule has 2 heterocycles. The third kappa shape index (κ3) is 7.03. The average molecular weight is 518 g/mol. The number of carboxylic acid groups (broad SMARTS) is 1. The second-order valence-corrected chi connectivity index (χ2v) is 17.4. The van der Waals surface area contributed by atoms with Gasteiger partial charge in [-0.2, -0.15) is 0 Å². The van der Waals surface area contributed by atoms with E-state index in [0.717, 1.165) is 43.0 Å². The SMILES string of the molecule is CCN(C(=O)OC(C)(C)C)C1CCN(c2ccc(C(=O)O)c3c2ccn3COCC[Si](C)(C)C)CC1. The highest BCUT2D eigenvalue weighted by Crippen LogP contribution is 2.33. The predicted molar refractivity (Wildman–Crippen MR) is 147 cm³/mol. The lowest BCUT2D eigenvalue weighted by molar-refractivity contribution is 0.0149. The number of fused-ring (bicyclic) bond motifs is 1. The van der Waals surface area contributed by atoms with Crippen LogP contribution in [0.5, 0.6) is 0 Å². The van der Waals surface area contributed by atoms with E-state index in [-0.39, 0.29) is 17.7 Å². The zero-order chi connectivity index (χ0) is 26.7. The fourth-order valence-corrected chi connectivity index (χ4v) is 5.44. The molecule has 0 aliphatic carbocycles. The minimum atomic E-state index is -1.20. The average Bonchev–Trinajstić information content (AvgIpc) is 3.19. The fraction of sp³-hybridized carbons (Fsp3) is 0.630.